The molecule has 0 spiro atoms. The SMILES string of the molecule is N#CNc1c(F)c(F)c(F)c(F)c1Nc1ccccn1. The van der Waals surface area contributed by atoms with E-state index in [-0.39, 0.29) is 5.82 Å². The summed E-state index contributed by atoms with van der Waals surface area (Å²) in [6.07, 6.45) is 2.67. The van der Waals surface area contributed by atoms with Gasteiger partial charge in [-0.1, -0.05) is 6.07 Å². The molecule has 0 bridgehead atoms. The highest BCUT2D eigenvalue weighted by molar-refractivity contribution is 5.75. The van der Waals surface area contributed by atoms with Crippen molar-refractivity contribution in [1.82, 2.24) is 4.98 Å². The minimum absolute atomic E-state index is 0.0674. The first-order valence-electron chi connectivity index (χ1n) is 5.25. The van der Waals surface area contributed by atoms with Crippen LogP contribution in [0.3, 0.4) is 0 Å². The minimum Gasteiger partial charge on any atom is -0.336 e. The van der Waals surface area contributed by atoms with E-state index in [0.29, 0.717) is 0 Å². The monoisotopic (exact) mass is 282 g/mol. The van der Waals surface area contributed by atoms with Gasteiger partial charge in [0.1, 0.15) is 17.2 Å². The van der Waals surface area contributed by atoms with Crippen LogP contribution in [0.15, 0.2) is 24.4 Å². The Bertz CT molecular complexity index is 682. The predicted molar refractivity (Wildman–Crippen MR) is 63.0 cm³/mol. The number of aromatic nitrogens is 1. The molecule has 2 N–H and O–H groups in total. The summed E-state index contributed by atoms with van der Waals surface area (Å²) in [4.78, 5) is 3.77. The van der Waals surface area contributed by atoms with Gasteiger partial charge in [0, 0.05) is 6.20 Å². The van der Waals surface area contributed by atoms with E-state index in [1.54, 1.807) is 17.4 Å². The number of pyridine rings is 1. The van der Waals surface area contributed by atoms with Gasteiger partial charge < -0.3 is 5.32 Å². The highest BCUT2D eigenvalue weighted by Crippen LogP contribution is 2.34. The molecule has 1 aromatic heterocycles. The largest absolute Gasteiger partial charge is 0.336 e. The predicted octanol–water partition coefficient (Wildman–Crippen LogP) is 3.27. The normalized spacial score (nSPS) is 9.95. The van der Waals surface area contributed by atoms with Crippen LogP contribution in [0.1, 0.15) is 0 Å². The van der Waals surface area contributed by atoms with Crippen LogP contribution in [-0.2, 0) is 0 Å². The van der Waals surface area contributed by atoms with Gasteiger partial charge in [-0.2, -0.15) is 5.26 Å². The van der Waals surface area contributed by atoms with Crippen molar-refractivity contribution in [1.29, 1.82) is 5.26 Å². The number of nitrogens with one attached hydrogen (secondary N) is 2. The molecule has 2 aromatic rings. The van der Waals surface area contributed by atoms with Gasteiger partial charge in [-0.15, -0.1) is 0 Å². The Balaban J connectivity index is 2.59. The standard InChI is InChI=1S/C12H6F4N4/c13-7-8(14)10(16)12(11(9(7)15)19-5-17)20-6-3-1-2-4-18-6/h1-4,19H,(H,18,20). The summed E-state index contributed by atoms with van der Waals surface area (Å²) in [5.41, 5.74) is -1.59. The highest BCUT2D eigenvalue weighted by Gasteiger charge is 2.25. The Morgan fingerprint density at radius 3 is 2.15 bits per heavy atom. The lowest BCUT2D eigenvalue weighted by atomic mass is 10.2. The van der Waals surface area contributed by atoms with Crippen molar-refractivity contribution in [2.45, 2.75) is 0 Å². The molecule has 1 heterocycles. The molecule has 8 heteroatoms. The first kappa shape index (κ1) is 13.6. The Morgan fingerprint density at radius 1 is 0.950 bits per heavy atom. The van der Waals surface area contributed by atoms with E-state index in [4.69, 9.17) is 5.26 Å². The van der Waals surface area contributed by atoms with Gasteiger partial charge in [0.2, 0.25) is 0 Å². The fourth-order valence-corrected chi connectivity index (χ4v) is 1.49. The molecule has 0 radical (unpaired) electrons. The second-order valence-corrected chi connectivity index (χ2v) is 3.58. The Labute approximate surface area is 110 Å². The third kappa shape index (κ3) is 2.33. The molecular formula is C12H6F4N4. The van der Waals surface area contributed by atoms with E-state index >= 15 is 0 Å². The summed E-state index contributed by atoms with van der Waals surface area (Å²) in [5.74, 6) is -7.29. The number of nitriles is 1. The third-order valence-corrected chi connectivity index (χ3v) is 2.37. The number of halogens is 4. The van der Waals surface area contributed by atoms with Gasteiger partial charge in [-0.3, -0.25) is 5.32 Å². The molecular weight excluding hydrogens is 276 g/mol. The average molecular weight is 282 g/mol. The Morgan fingerprint density at radius 2 is 1.60 bits per heavy atom. The van der Waals surface area contributed by atoms with E-state index in [1.807, 2.05) is 0 Å². The number of anilines is 3. The minimum atomic E-state index is -2.01. The third-order valence-electron chi connectivity index (χ3n) is 2.37. The van der Waals surface area contributed by atoms with Crippen molar-refractivity contribution in [2.75, 3.05) is 10.6 Å². The molecule has 20 heavy (non-hydrogen) atoms. The topological polar surface area (TPSA) is 60.7 Å². The summed E-state index contributed by atoms with van der Waals surface area (Å²) in [6.45, 7) is 0. The molecule has 0 aliphatic rings. The van der Waals surface area contributed by atoms with Gasteiger partial charge in [0.05, 0.1) is 0 Å². The number of nitrogens with zero attached hydrogens (tertiary/aromatic N) is 2. The fourth-order valence-electron chi connectivity index (χ4n) is 1.49. The van der Waals surface area contributed by atoms with Gasteiger partial charge in [-0.05, 0) is 12.1 Å². The highest BCUT2D eigenvalue weighted by atomic mass is 19.2. The lowest BCUT2D eigenvalue weighted by molar-refractivity contribution is 0.413. The quantitative estimate of drug-likeness (QED) is 0.298. The zero-order valence-electron chi connectivity index (χ0n) is 9.72. The summed E-state index contributed by atoms with van der Waals surface area (Å²) in [6, 6.07) is 4.51. The van der Waals surface area contributed by atoms with E-state index < -0.39 is 34.6 Å². The van der Waals surface area contributed by atoms with E-state index in [9.17, 15) is 17.6 Å². The van der Waals surface area contributed by atoms with Crippen molar-refractivity contribution < 1.29 is 17.6 Å². The lowest BCUT2D eigenvalue weighted by Gasteiger charge is -2.13. The van der Waals surface area contributed by atoms with Crippen LogP contribution in [0.4, 0.5) is 34.8 Å². The van der Waals surface area contributed by atoms with Gasteiger partial charge in [0.15, 0.2) is 29.5 Å². The summed E-state index contributed by atoms with van der Waals surface area (Å²) >= 11 is 0. The van der Waals surface area contributed by atoms with E-state index in [1.165, 1.54) is 18.5 Å². The second kappa shape index (κ2) is 5.44. The van der Waals surface area contributed by atoms with Crippen molar-refractivity contribution in [3.05, 3.63) is 47.7 Å². The van der Waals surface area contributed by atoms with Crippen LogP contribution >= 0.6 is 0 Å². The van der Waals surface area contributed by atoms with Crippen LogP contribution in [0.2, 0.25) is 0 Å². The maximum Gasteiger partial charge on any atom is 0.199 e. The zero-order chi connectivity index (χ0) is 14.7. The van der Waals surface area contributed by atoms with Crippen molar-refractivity contribution in [3.63, 3.8) is 0 Å². The molecule has 0 saturated carbocycles. The molecule has 0 aliphatic carbocycles. The molecule has 0 unspecified atom stereocenters. The van der Waals surface area contributed by atoms with Crippen LogP contribution in [-0.4, -0.2) is 4.98 Å². The van der Waals surface area contributed by atoms with Crippen molar-refractivity contribution >= 4 is 17.2 Å². The molecule has 2 rings (SSSR count). The Kier molecular flexibility index (Phi) is 3.70. The van der Waals surface area contributed by atoms with Gasteiger partial charge >= 0.3 is 0 Å². The first-order chi connectivity index (χ1) is 9.56. The smallest absolute Gasteiger partial charge is 0.199 e. The Hall–Kier alpha value is -2.82. The second-order valence-electron chi connectivity index (χ2n) is 3.58. The van der Waals surface area contributed by atoms with Crippen LogP contribution in [0, 0.1) is 34.7 Å². The lowest BCUT2D eigenvalue weighted by Crippen LogP contribution is -2.08. The van der Waals surface area contributed by atoms with Gasteiger partial charge in [-0.25, -0.2) is 22.5 Å². The van der Waals surface area contributed by atoms with Crippen LogP contribution < -0.4 is 10.6 Å². The number of hydrogen-bond donors (Lipinski definition) is 2. The van der Waals surface area contributed by atoms with Crippen molar-refractivity contribution in [2.24, 2.45) is 0 Å². The molecule has 0 amide bonds. The van der Waals surface area contributed by atoms with Crippen LogP contribution in [0.25, 0.3) is 0 Å². The molecule has 0 fully saturated rings. The molecule has 0 aliphatic heterocycles. The molecule has 102 valence electrons. The summed E-state index contributed by atoms with van der Waals surface area (Å²) in [5, 5.41) is 12.5. The molecule has 4 nitrogen and oxygen atoms in total. The van der Waals surface area contributed by atoms with E-state index in [0.717, 1.165) is 0 Å². The molecule has 0 saturated heterocycles. The van der Waals surface area contributed by atoms with Crippen molar-refractivity contribution in [3.8, 4) is 6.19 Å². The zero-order valence-corrected chi connectivity index (χ0v) is 9.72. The maximum atomic E-state index is 13.7. The maximum absolute atomic E-state index is 13.7. The number of hydrogen-bond acceptors (Lipinski definition) is 4. The average Bonchev–Trinajstić information content (AvgIpc) is 2.47. The van der Waals surface area contributed by atoms with Gasteiger partial charge in [0.25, 0.3) is 0 Å². The van der Waals surface area contributed by atoms with E-state index in [2.05, 4.69) is 10.3 Å². The molecule has 1 aromatic carbocycles. The summed E-state index contributed by atoms with van der Waals surface area (Å²) in [7, 11) is 0. The molecule has 0 atom stereocenters. The first-order valence-corrected chi connectivity index (χ1v) is 5.25. The fraction of sp³-hybridized carbons (Fsp3) is 0. The number of rotatable bonds is 3. The summed E-state index contributed by atoms with van der Waals surface area (Å²) < 4.78 is 53.6. The van der Waals surface area contributed by atoms with Crippen LogP contribution in [0.5, 0.6) is 0 Å². The number of benzene rings is 1.